The zero-order valence-electron chi connectivity index (χ0n) is 24.5. The van der Waals surface area contributed by atoms with Crippen molar-refractivity contribution in [2.24, 2.45) is 0 Å². The number of allylic oxidation sites excluding steroid dienone is 1. The Labute approximate surface area is 259 Å². The van der Waals surface area contributed by atoms with Crippen LogP contribution in [0.1, 0.15) is 46.5 Å². The molecule has 2 atom stereocenters. The van der Waals surface area contributed by atoms with Gasteiger partial charge in [0.1, 0.15) is 0 Å². The number of fused-ring (bicyclic) bond motifs is 17. The van der Waals surface area contributed by atoms with E-state index >= 15 is 0 Å². The van der Waals surface area contributed by atoms with Crippen LogP contribution in [0.2, 0.25) is 0 Å². The van der Waals surface area contributed by atoms with E-state index in [9.17, 15) is 0 Å². The van der Waals surface area contributed by atoms with Crippen LogP contribution < -0.4 is 4.90 Å². The van der Waals surface area contributed by atoms with Crippen LogP contribution in [0.5, 0.6) is 0 Å². The molecule has 12 rings (SSSR count). The maximum Gasteiger partial charge on any atom is 0.0723 e. The Balaban J connectivity index is 1.23. The average molecular weight is 574 g/mol. The quantitative estimate of drug-likeness (QED) is 0.190. The highest BCUT2D eigenvalue weighted by molar-refractivity contribution is 6.26. The summed E-state index contributed by atoms with van der Waals surface area (Å²) in [5.74, 6) is 0.260. The lowest BCUT2D eigenvalue weighted by molar-refractivity contribution is 0.669. The summed E-state index contributed by atoms with van der Waals surface area (Å²) in [5, 5.41) is 8.15. The molecule has 3 heteroatoms. The van der Waals surface area contributed by atoms with E-state index in [4.69, 9.17) is 0 Å². The second kappa shape index (κ2) is 7.75. The van der Waals surface area contributed by atoms with E-state index in [1.165, 1.54) is 93.8 Å². The van der Waals surface area contributed by atoms with Crippen LogP contribution >= 0.6 is 0 Å². The van der Waals surface area contributed by atoms with Gasteiger partial charge in [-0.1, -0.05) is 97.1 Å². The van der Waals surface area contributed by atoms with Crippen LogP contribution in [-0.2, 0) is 6.42 Å². The standard InChI is InChI=1S/C42H27N3/c1-2-10-24(11-3-1)43-41-29(20-22-35-37(41)31-16-8-14-27-25-12-4-6-18-33(25)44(35)39(27)31)30-21-23-36-38(42(30)43)32-17-9-15-28-26-13-5-7-19-34(26)45(36)40(28)32/h1-6,8-18,20-23,30,42H,7,19H2. The Morgan fingerprint density at radius 1 is 0.600 bits per heavy atom. The summed E-state index contributed by atoms with van der Waals surface area (Å²) in [5.41, 5.74) is 15.1. The fraction of sp³-hybridized carbons (Fsp3) is 0.0952. The Kier molecular flexibility index (Phi) is 3.95. The first-order chi connectivity index (χ1) is 22.4. The molecule has 2 unspecified atom stereocenters. The Bertz CT molecular complexity index is 2770. The number of hydrogen-bond acceptors (Lipinski definition) is 1. The number of aromatic nitrogens is 2. The Morgan fingerprint density at radius 2 is 1.38 bits per heavy atom. The van der Waals surface area contributed by atoms with E-state index in [1.807, 2.05) is 0 Å². The summed E-state index contributed by atoms with van der Waals surface area (Å²) in [4.78, 5) is 2.70. The molecule has 45 heavy (non-hydrogen) atoms. The van der Waals surface area contributed by atoms with Crippen molar-refractivity contribution in [1.82, 2.24) is 8.80 Å². The summed E-state index contributed by atoms with van der Waals surface area (Å²) in [6.07, 6.45) is 11.8. The fourth-order valence-corrected chi connectivity index (χ4v) is 9.59. The lowest BCUT2D eigenvalue weighted by Gasteiger charge is -2.33. The Morgan fingerprint density at radius 3 is 2.31 bits per heavy atom. The first-order valence-electron chi connectivity index (χ1n) is 16.2. The van der Waals surface area contributed by atoms with Crippen molar-refractivity contribution in [3.63, 3.8) is 0 Å². The summed E-state index contributed by atoms with van der Waals surface area (Å²) in [7, 11) is 0. The average Bonchev–Trinajstić information content (AvgIpc) is 3.88. The number of nitrogens with zero attached hydrogens (tertiary/aromatic N) is 3. The van der Waals surface area contributed by atoms with Crippen molar-refractivity contribution in [2.45, 2.75) is 24.8 Å². The number of hydrogen-bond donors (Lipinski definition) is 0. The monoisotopic (exact) mass is 573 g/mol. The molecule has 4 aromatic heterocycles. The summed E-state index contributed by atoms with van der Waals surface area (Å²) < 4.78 is 5.13. The van der Waals surface area contributed by atoms with Crippen LogP contribution in [-0.4, -0.2) is 8.80 Å². The van der Waals surface area contributed by atoms with E-state index in [1.54, 1.807) is 0 Å². The molecule has 3 aliphatic rings. The molecule has 0 amide bonds. The predicted octanol–water partition coefficient (Wildman–Crippen LogP) is 10.6. The molecule has 0 saturated heterocycles. The van der Waals surface area contributed by atoms with Crippen LogP contribution in [0.15, 0.2) is 115 Å². The van der Waals surface area contributed by atoms with Crippen LogP contribution in [0.25, 0.3) is 66.5 Å². The number of anilines is 2. The van der Waals surface area contributed by atoms with Gasteiger partial charge < -0.3 is 13.7 Å². The predicted molar refractivity (Wildman–Crippen MR) is 188 cm³/mol. The molecule has 0 bridgehead atoms. The molecular weight excluding hydrogens is 546 g/mol. The molecular formula is C42H27N3. The summed E-state index contributed by atoms with van der Waals surface area (Å²) in [6, 6.07) is 38.9. The van der Waals surface area contributed by atoms with Gasteiger partial charge in [0.2, 0.25) is 0 Å². The van der Waals surface area contributed by atoms with Gasteiger partial charge in [-0.05, 0) is 48.7 Å². The number of rotatable bonds is 1. The molecule has 0 radical (unpaired) electrons. The lowest BCUT2D eigenvalue weighted by Crippen LogP contribution is -2.24. The minimum Gasteiger partial charge on any atom is -0.332 e. The van der Waals surface area contributed by atoms with E-state index in [-0.39, 0.29) is 12.0 Å². The molecule has 0 saturated carbocycles. The van der Waals surface area contributed by atoms with Crippen molar-refractivity contribution >= 4 is 77.9 Å². The number of aryl methyl sites for hydroxylation is 1. The highest BCUT2D eigenvalue weighted by Gasteiger charge is 2.45. The van der Waals surface area contributed by atoms with Crippen LogP contribution in [0.3, 0.4) is 0 Å². The summed E-state index contributed by atoms with van der Waals surface area (Å²) >= 11 is 0. The summed E-state index contributed by atoms with van der Waals surface area (Å²) in [6.45, 7) is 0. The van der Waals surface area contributed by atoms with E-state index in [0.717, 1.165) is 12.8 Å². The smallest absolute Gasteiger partial charge is 0.0723 e. The van der Waals surface area contributed by atoms with Gasteiger partial charge >= 0.3 is 0 Å². The minimum absolute atomic E-state index is 0.171. The molecule has 9 aromatic rings. The van der Waals surface area contributed by atoms with Crippen molar-refractivity contribution in [1.29, 1.82) is 0 Å². The van der Waals surface area contributed by atoms with Crippen molar-refractivity contribution in [3.8, 4) is 0 Å². The van der Waals surface area contributed by atoms with Gasteiger partial charge in [0.15, 0.2) is 0 Å². The first kappa shape index (κ1) is 22.9. The van der Waals surface area contributed by atoms with E-state index in [0.29, 0.717) is 0 Å². The molecule has 1 aliphatic heterocycles. The van der Waals surface area contributed by atoms with Gasteiger partial charge in [-0.3, -0.25) is 0 Å². The van der Waals surface area contributed by atoms with Gasteiger partial charge in [-0.2, -0.15) is 0 Å². The van der Waals surface area contributed by atoms with Gasteiger partial charge in [-0.25, -0.2) is 0 Å². The van der Waals surface area contributed by atoms with Gasteiger partial charge in [0, 0.05) is 60.7 Å². The van der Waals surface area contributed by atoms with Crippen molar-refractivity contribution < 1.29 is 0 Å². The fourth-order valence-electron chi connectivity index (χ4n) is 9.59. The highest BCUT2D eigenvalue weighted by atomic mass is 15.2. The van der Waals surface area contributed by atoms with Gasteiger partial charge in [0.25, 0.3) is 0 Å². The minimum atomic E-state index is 0.171. The topological polar surface area (TPSA) is 12.1 Å². The highest BCUT2D eigenvalue weighted by Crippen LogP contribution is 2.61. The molecule has 210 valence electrons. The third-order valence-electron chi connectivity index (χ3n) is 11.2. The molecule has 2 aliphatic carbocycles. The largest absolute Gasteiger partial charge is 0.332 e. The third kappa shape index (κ3) is 2.52. The molecule has 0 N–H and O–H groups in total. The SMILES string of the molecule is C1=Cc2c(n3c4c(c5cccc2c53)C2C(C=C4)c3ccc4c(c3N2c2ccccc2)c2cccc3c5ccccc5n4c32)CC1. The zero-order chi connectivity index (χ0) is 29.0. The van der Waals surface area contributed by atoms with E-state index < -0.39 is 0 Å². The first-order valence-corrected chi connectivity index (χ1v) is 16.2. The van der Waals surface area contributed by atoms with Crippen molar-refractivity contribution in [3.05, 3.63) is 143 Å². The second-order valence-electron chi connectivity index (χ2n) is 13.1. The number of benzene rings is 5. The van der Waals surface area contributed by atoms with Crippen LogP contribution in [0, 0.1) is 0 Å². The van der Waals surface area contributed by atoms with Crippen molar-refractivity contribution in [2.75, 3.05) is 4.90 Å². The molecule has 5 aromatic carbocycles. The second-order valence-corrected chi connectivity index (χ2v) is 13.1. The molecule has 0 spiro atoms. The zero-order valence-corrected chi connectivity index (χ0v) is 24.5. The maximum absolute atomic E-state index is 2.70. The molecule has 5 heterocycles. The van der Waals surface area contributed by atoms with Crippen LogP contribution in [0.4, 0.5) is 11.4 Å². The third-order valence-corrected chi connectivity index (χ3v) is 11.2. The van der Waals surface area contributed by atoms with E-state index in [2.05, 4.69) is 141 Å². The molecule has 0 fully saturated rings. The normalized spacial score (nSPS) is 18.7. The molecule has 3 nitrogen and oxygen atoms in total. The lowest BCUT2D eigenvalue weighted by atomic mass is 9.84. The van der Waals surface area contributed by atoms with Gasteiger partial charge in [-0.15, -0.1) is 0 Å². The number of para-hydroxylation sites is 4. The Hall–Kier alpha value is -5.54. The maximum atomic E-state index is 2.70. The van der Waals surface area contributed by atoms with Gasteiger partial charge in [0.05, 0.1) is 39.5 Å².